The van der Waals surface area contributed by atoms with Crippen molar-refractivity contribution in [2.75, 3.05) is 10.2 Å². The highest BCUT2D eigenvalue weighted by atomic mass is 32.2. The predicted molar refractivity (Wildman–Crippen MR) is 138 cm³/mol. The monoisotopic (exact) mass is 561 g/mol. The van der Waals surface area contributed by atoms with E-state index in [2.05, 4.69) is 5.32 Å². The third-order valence-electron chi connectivity index (χ3n) is 6.77. The van der Waals surface area contributed by atoms with Crippen LogP contribution in [0.4, 0.5) is 24.5 Å². The first kappa shape index (κ1) is 26.2. The first-order valence-electron chi connectivity index (χ1n) is 11.6. The van der Waals surface area contributed by atoms with Gasteiger partial charge in [0.25, 0.3) is 0 Å². The Hall–Kier alpha value is -3.38. The van der Waals surface area contributed by atoms with Crippen LogP contribution in [0.5, 0.6) is 0 Å². The molecule has 38 heavy (non-hydrogen) atoms. The van der Waals surface area contributed by atoms with E-state index in [1.165, 1.54) is 21.6 Å². The molecular weight excluding hydrogens is 539 g/mol. The third-order valence-corrected chi connectivity index (χ3v) is 9.59. The van der Waals surface area contributed by atoms with Gasteiger partial charge in [0, 0.05) is 16.0 Å². The van der Waals surface area contributed by atoms with Crippen molar-refractivity contribution in [2.45, 2.75) is 49.2 Å². The van der Waals surface area contributed by atoms with Gasteiger partial charge in [-0.2, -0.15) is 13.2 Å². The summed E-state index contributed by atoms with van der Waals surface area (Å²) in [6.45, 7) is 5.05. The molecule has 2 atom stereocenters. The predicted octanol–water partition coefficient (Wildman–Crippen LogP) is 4.82. The summed E-state index contributed by atoms with van der Waals surface area (Å²) in [6, 6.07) is 11.3. The Balaban J connectivity index is 1.44. The summed E-state index contributed by atoms with van der Waals surface area (Å²) in [7, 11) is 0. The maximum atomic E-state index is 13.5. The summed E-state index contributed by atoms with van der Waals surface area (Å²) in [4.78, 5) is 54.0. The van der Waals surface area contributed by atoms with E-state index in [0.29, 0.717) is 15.6 Å². The molecule has 5 rings (SSSR count). The largest absolute Gasteiger partial charge is 0.416 e. The second-order valence-electron chi connectivity index (χ2n) is 9.80. The molecule has 0 unspecified atom stereocenters. The number of thiazole rings is 1. The molecule has 0 spiro atoms. The summed E-state index contributed by atoms with van der Waals surface area (Å²) in [5.74, 6) is -2.14. The number of carbonyl (C=O) groups is 3. The molecule has 7 nitrogen and oxygen atoms in total. The maximum absolute atomic E-state index is 13.5. The zero-order valence-electron chi connectivity index (χ0n) is 20.5. The van der Waals surface area contributed by atoms with Gasteiger partial charge in [-0.3, -0.25) is 23.7 Å². The number of benzene rings is 2. The normalized spacial score (nSPS) is 20.3. The molecule has 3 heterocycles. The number of nitrogens with one attached hydrogen (secondary N) is 1. The smallest absolute Gasteiger partial charge is 0.325 e. The quantitative estimate of drug-likeness (QED) is 0.462. The second-order valence-corrected chi connectivity index (χ2v) is 11.9. The molecule has 0 saturated carbocycles. The van der Waals surface area contributed by atoms with Crippen molar-refractivity contribution in [2.24, 2.45) is 5.92 Å². The first-order chi connectivity index (χ1) is 17.8. The van der Waals surface area contributed by atoms with E-state index in [1.807, 2.05) is 19.1 Å². The SMILES string of the molecule is Cc1ccc(N2C(=O)[C@H]3Sc4c(sc(=O)n4CC(=O)Nc4cccc(C(F)(F)F)c4)C(C)(C)[C@H]3C2=O)cc1. The van der Waals surface area contributed by atoms with Crippen LogP contribution in [0.25, 0.3) is 0 Å². The lowest BCUT2D eigenvalue weighted by Gasteiger charge is -2.36. The second kappa shape index (κ2) is 9.12. The zero-order chi connectivity index (χ0) is 27.6. The Morgan fingerprint density at radius 1 is 1.05 bits per heavy atom. The van der Waals surface area contributed by atoms with Crippen LogP contribution >= 0.6 is 23.1 Å². The number of anilines is 2. The van der Waals surface area contributed by atoms with Gasteiger partial charge < -0.3 is 5.32 Å². The molecule has 1 saturated heterocycles. The van der Waals surface area contributed by atoms with Crippen LogP contribution in [0, 0.1) is 12.8 Å². The number of imide groups is 1. The van der Waals surface area contributed by atoms with Crippen LogP contribution in [0.3, 0.4) is 0 Å². The van der Waals surface area contributed by atoms with Crippen LogP contribution < -0.4 is 15.1 Å². The summed E-state index contributed by atoms with van der Waals surface area (Å²) < 4.78 is 40.3. The number of fused-ring (bicyclic) bond motifs is 2. The Labute approximate surface area is 223 Å². The third kappa shape index (κ3) is 4.35. The Kier molecular flexibility index (Phi) is 6.30. The van der Waals surface area contributed by atoms with E-state index in [1.54, 1.807) is 26.0 Å². The van der Waals surface area contributed by atoms with Crippen LogP contribution in [0.2, 0.25) is 0 Å². The fourth-order valence-corrected chi connectivity index (χ4v) is 7.87. The van der Waals surface area contributed by atoms with Gasteiger partial charge in [-0.1, -0.05) is 60.7 Å². The highest BCUT2D eigenvalue weighted by Gasteiger charge is 2.59. The van der Waals surface area contributed by atoms with Crippen molar-refractivity contribution in [3.8, 4) is 0 Å². The molecule has 3 aromatic rings. The molecule has 0 aliphatic carbocycles. The van der Waals surface area contributed by atoms with E-state index in [0.717, 1.165) is 40.8 Å². The van der Waals surface area contributed by atoms with Gasteiger partial charge in [0.05, 0.1) is 22.2 Å². The number of rotatable bonds is 4. The van der Waals surface area contributed by atoms with Gasteiger partial charge in [0.1, 0.15) is 11.8 Å². The van der Waals surface area contributed by atoms with Crippen molar-refractivity contribution in [1.82, 2.24) is 4.57 Å². The fourth-order valence-electron chi connectivity index (χ4n) is 4.83. The highest BCUT2D eigenvalue weighted by molar-refractivity contribution is 8.00. The van der Waals surface area contributed by atoms with Gasteiger partial charge in [-0.25, -0.2) is 4.90 Å². The molecule has 2 aliphatic heterocycles. The number of amides is 3. The van der Waals surface area contributed by atoms with Crippen molar-refractivity contribution in [3.05, 3.63) is 74.2 Å². The standard InChI is InChI=1S/C26H22F3N3O4S2/c1-13-7-9-16(10-8-13)32-21(34)18-19(22(32)35)37-23-20(25(18,2)3)38-24(36)31(23)12-17(33)30-15-6-4-5-14(11-15)26(27,28)29/h4-11,18-19H,12H2,1-3H3,(H,30,33)/t18-,19+/m1/s1. The van der Waals surface area contributed by atoms with Crippen molar-refractivity contribution in [3.63, 3.8) is 0 Å². The summed E-state index contributed by atoms with van der Waals surface area (Å²) in [5, 5.41) is 2.03. The lowest BCUT2D eigenvalue weighted by atomic mass is 9.76. The number of thioether (sulfide) groups is 1. The molecule has 0 radical (unpaired) electrons. The summed E-state index contributed by atoms with van der Waals surface area (Å²) >= 11 is 1.98. The number of hydrogen-bond acceptors (Lipinski definition) is 6. The zero-order valence-corrected chi connectivity index (χ0v) is 22.1. The van der Waals surface area contributed by atoms with Gasteiger partial charge in [-0.15, -0.1) is 0 Å². The van der Waals surface area contributed by atoms with Crippen LogP contribution in [-0.2, 0) is 32.5 Å². The van der Waals surface area contributed by atoms with Crippen LogP contribution in [0.1, 0.15) is 29.9 Å². The van der Waals surface area contributed by atoms with Crippen LogP contribution in [0.15, 0.2) is 58.4 Å². The summed E-state index contributed by atoms with van der Waals surface area (Å²) in [6.07, 6.45) is -4.57. The van der Waals surface area contributed by atoms with E-state index in [9.17, 15) is 32.3 Å². The molecule has 0 bridgehead atoms. The van der Waals surface area contributed by atoms with Gasteiger partial charge in [0.2, 0.25) is 17.7 Å². The Bertz CT molecular complexity index is 1530. The van der Waals surface area contributed by atoms with Crippen LogP contribution in [-0.4, -0.2) is 27.5 Å². The molecule has 1 fully saturated rings. The highest BCUT2D eigenvalue weighted by Crippen LogP contribution is 2.54. The average Bonchev–Trinajstić information content (AvgIpc) is 3.28. The number of alkyl halides is 3. The van der Waals surface area contributed by atoms with E-state index < -0.39 is 51.6 Å². The Morgan fingerprint density at radius 3 is 2.39 bits per heavy atom. The molecular formula is C26H22F3N3O4S2. The molecule has 198 valence electrons. The van der Waals surface area contributed by atoms with E-state index in [-0.39, 0.29) is 11.6 Å². The molecule has 1 N–H and O–H groups in total. The minimum atomic E-state index is -4.57. The molecule has 3 amide bonds. The fraction of sp³-hybridized carbons (Fsp3) is 0.308. The topological polar surface area (TPSA) is 88.5 Å². The van der Waals surface area contributed by atoms with E-state index in [4.69, 9.17) is 0 Å². The van der Waals surface area contributed by atoms with Gasteiger partial charge in [0.15, 0.2) is 0 Å². The number of hydrogen-bond donors (Lipinski definition) is 1. The first-order valence-corrected chi connectivity index (χ1v) is 13.3. The number of aromatic nitrogens is 1. The minimum absolute atomic E-state index is 0.0553. The summed E-state index contributed by atoms with van der Waals surface area (Å²) in [5.41, 5.74) is -0.386. The molecule has 1 aromatic heterocycles. The average molecular weight is 562 g/mol. The maximum Gasteiger partial charge on any atom is 0.416 e. The number of carbonyl (C=O) groups excluding carboxylic acids is 3. The lowest BCUT2D eigenvalue weighted by molar-refractivity contribution is -0.137. The molecule has 2 aromatic carbocycles. The molecule has 12 heteroatoms. The van der Waals surface area contributed by atoms with Crippen molar-refractivity contribution in [1.29, 1.82) is 0 Å². The Morgan fingerprint density at radius 2 is 1.74 bits per heavy atom. The lowest BCUT2D eigenvalue weighted by Crippen LogP contribution is -2.41. The van der Waals surface area contributed by atoms with Crippen molar-refractivity contribution >= 4 is 52.2 Å². The van der Waals surface area contributed by atoms with E-state index >= 15 is 0 Å². The van der Waals surface area contributed by atoms with Gasteiger partial charge >= 0.3 is 11.0 Å². The number of nitrogens with zero attached hydrogens (tertiary/aromatic N) is 2. The minimum Gasteiger partial charge on any atom is -0.325 e. The number of aryl methyl sites for hydroxylation is 1. The van der Waals surface area contributed by atoms with Gasteiger partial charge in [-0.05, 0) is 37.3 Å². The molecule has 2 aliphatic rings. The van der Waals surface area contributed by atoms with Crippen molar-refractivity contribution < 1.29 is 27.6 Å². The number of halogens is 3.